The first kappa shape index (κ1) is 15.6. The van der Waals surface area contributed by atoms with E-state index in [1.807, 2.05) is 6.92 Å². The number of halogens is 3. The zero-order valence-electron chi connectivity index (χ0n) is 11.9. The van der Waals surface area contributed by atoms with Gasteiger partial charge in [0.25, 0.3) is 0 Å². The lowest BCUT2D eigenvalue weighted by molar-refractivity contribution is 0.490. The van der Waals surface area contributed by atoms with E-state index in [9.17, 15) is 13.2 Å². The highest BCUT2D eigenvalue weighted by atomic mass is 19.2. The van der Waals surface area contributed by atoms with Gasteiger partial charge in [0.05, 0.1) is 0 Å². The van der Waals surface area contributed by atoms with E-state index in [-0.39, 0.29) is 11.7 Å². The van der Waals surface area contributed by atoms with Crippen LogP contribution in [0.2, 0.25) is 0 Å². The molecule has 0 aliphatic rings. The summed E-state index contributed by atoms with van der Waals surface area (Å²) in [6, 6.07) is 10.3. The van der Waals surface area contributed by atoms with Crippen molar-refractivity contribution in [2.75, 3.05) is 13.1 Å². The Kier molecular flexibility index (Phi) is 5.39. The van der Waals surface area contributed by atoms with Crippen LogP contribution < -0.4 is 5.32 Å². The molecule has 1 N–H and O–H groups in total. The molecule has 4 heteroatoms. The van der Waals surface area contributed by atoms with Crippen LogP contribution in [0, 0.1) is 17.5 Å². The third-order valence-electron chi connectivity index (χ3n) is 3.48. The summed E-state index contributed by atoms with van der Waals surface area (Å²) in [6.07, 6.45) is 0.363. The molecule has 0 aromatic heterocycles. The summed E-state index contributed by atoms with van der Waals surface area (Å²) in [4.78, 5) is 0. The van der Waals surface area contributed by atoms with Crippen molar-refractivity contribution >= 4 is 0 Å². The Bertz CT molecular complexity index is 581. The predicted octanol–water partition coefficient (Wildman–Crippen LogP) is 4.04. The molecule has 112 valence electrons. The van der Waals surface area contributed by atoms with Gasteiger partial charge in [-0.25, -0.2) is 13.2 Å². The lowest BCUT2D eigenvalue weighted by Gasteiger charge is -2.18. The molecule has 0 spiro atoms. The van der Waals surface area contributed by atoms with Crippen molar-refractivity contribution in [3.05, 3.63) is 71.0 Å². The third kappa shape index (κ3) is 4.08. The molecule has 0 amide bonds. The van der Waals surface area contributed by atoms with Crippen LogP contribution in [0.1, 0.15) is 24.0 Å². The fraction of sp³-hybridized carbons (Fsp3) is 0.294. The van der Waals surface area contributed by atoms with Crippen LogP contribution in [0.25, 0.3) is 0 Å². The van der Waals surface area contributed by atoms with E-state index in [0.29, 0.717) is 18.5 Å². The first-order valence-corrected chi connectivity index (χ1v) is 7.01. The molecule has 0 saturated carbocycles. The molecule has 0 heterocycles. The molecule has 0 fully saturated rings. The Morgan fingerprint density at radius 1 is 1.00 bits per heavy atom. The van der Waals surface area contributed by atoms with E-state index >= 15 is 0 Å². The lowest BCUT2D eigenvalue weighted by atomic mass is 9.91. The van der Waals surface area contributed by atoms with Gasteiger partial charge in [-0.15, -0.1) is 0 Å². The summed E-state index contributed by atoms with van der Waals surface area (Å²) >= 11 is 0. The molecule has 0 aliphatic heterocycles. The number of nitrogens with one attached hydrogen (secondary N) is 1. The SMILES string of the molecule is CCNCC(Cc1cccc(F)c1F)c1ccc(F)cc1. The maximum atomic E-state index is 13.8. The number of hydrogen-bond acceptors (Lipinski definition) is 1. The lowest BCUT2D eigenvalue weighted by Crippen LogP contribution is -2.23. The molecule has 1 unspecified atom stereocenters. The highest BCUT2D eigenvalue weighted by Crippen LogP contribution is 2.23. The molecular weight excluding hydrogens is 275 g/mol. The van der Waals surface area contributed by atoms with Gasteiger partial charge < -0.3 is 5.32 Å². The zero-order chi connectivity index (χ0) is 15.2. The summed E-state index contributed by atoms with van der Waals surface area (Å²) < 4.78 is 40.1. The van der Waals surface area contributed by atoms with Crippen molar-refractivity contribution in [1.29, 1.82) is 0 Å². The van der Waals surface area contributed by atoms with E-state index in [1.165, 1.54) is 18.2 Å². The molecule has 0 saturated heterocycles. The molecule has 2 aromatic rings. The third-order valence-corrected chi connectivity index (χ3v) is 3.48. The second-order valence-corrected chi connectivity index (χ2v) is 4.97. The van der Waals surface area contributed by atoms with E-state index in [2.05, 4.69) is 5.32 Å². The van der Waals surface area contributed by atoms with Gasteiger partial charge in [0.15, 0.2) is 11.6 Å². The van der Waals surface area contributed by atoms with Crippen molar-refractivity contribution < 1.29 is 13.2 Å². The quantitative estimate of drug-likeness (QED) is 0.847. The molecule has 2 rings (SSSR count). The molecular formula is C17H18F3N. The topological polar surface area (TPSA) is 12.0 Å². The van der Waals surface area contributed by atoms with Gasteiger partial charge in [-0.2, -0.15) is 0 Å². The Hall–Kier alpha value is -1.81. The van der Waals surface area contributed by atoms with Gasteiger partial charge in [0, 0.05) is 12.5 Å². The van der Waals surface area contributed by atoms with Crippen molar-refractivity contribution in [3.63, 3.8) is 0 Å². The van der Waals surface area contributed by atoms with E-state index in [1.54, 1.807) is 18.2 Å². The second-order valence-electron chi connectivity index (χ2n) is 4.97. The first-order valence-electron chi connectivity index (χ1n) is 7.01. The Balaban J connectivity index is 2.23. The number of likely N-dealkylation sites (N-methyl/N-ethyl adjacent to an activating group) is 1. The molecule has 1 atom stereocenters. The molecule has 0 bridgehead atoms. The average Bonchev–Trinajstić information content (AvgIpc) is 2.49. The van der Waals surface area contributed by atoms with Crippen molar-refractivity contribution in [2.24, 2.45) is 0 Å². The zero-order valence-corrected chi connectivity index (χ0v) is 11.9. The van der Waals surface area contributed by atoms with Crippen molar-refractivity contribution in [3.8, 4) is 0 Å². The maximum absolute atomic E-state index is 13.8. The molecule has 0 radical (unpaired) electrons. The summed E-state index contributed by atoms with van der Waals surface area (Å²) in [5.74, 6) is -1.99. The maximum Gasteiger partial charge on any atom is 0.162 e. The first-order chi connectivity index (χ1) is 10.1. The van der Waals surface area contributed by atoms with Crippen LogP contribution in [0.4, 0.5) is 13.2 Å². The van der Waals surface area contributed by atoms with Gasteiger partial charge in [-0.05, 0) is 42.3 Å². The summed E-state index contributed by atoms with van der Waals surface area (Å²) in [5, 5.41) is 3.21. The van der Waals surface area contributed by atoms with Gasteiger partial charge in [-0.1, -0.05) is 31.2 Å². The summed E-state index contributed by atoms with van der Waals surface area (Å²) in [5.41, 5.74) is 1.24. The number of hydrogen-bond donors (Lipinski definition) is 1. The summed E-state index contributed by atoms with van der Waals surface area (Å²) in [7, 11) is 0. The van der Waals surface area contributed by atoms with Crippen molar-refractivity contribution in [2.45, 2.75) is 19.3 Å². The fourth-order valence-electron chi connectivity index (χ4n) is 2.33. The molecule has 2 aromatic carbocycles. The minimum Gasteiger partial charge on any atom is -0.316 e. The molecule has 21 heavy (non-hydrogen) atoms. The minimum absolute atomic E-state index is 0.0400. The van der Waals surface area contributed by atoms with Gasteiger partial charge in [-0.3, -0.25) is 0 Å². The van der Waals surface area contributed by atoms with Crippen LogP contribution >= 0.6 is 0 Å². The van der Waals surface area contributed by atoms with Gasteiger partial charge in [0.1, 0.15) is 5.82 Å². The van der Waals surface area contributed by atoms with Crippen molar-refractivity contribution in [1.82, 2.24) is 5.32 Å². The summed E-state index contributed by atoms with van der Waals surface area (Å²) in [6.45, 7) is 3.38. The van der Waals surface area contributed by atoms with Crippen LogP contribution in [0.15, 0.2) is 42.5 Å². The van der Waals surface area contributed by atoms with Crippen LogP contribution in [0.5, 0.6) is 0 Å². The van der Waals surface area contributed by atoms with Crippen LogP contribution in [0.3, 0.4) is 0 Å². The van der Waals surface area contributed by atoms with E-state index in [4.69, 9.17) is 0 Å². The smallest absolute Gasteiger partial charge is 0.162 e. The highest BCUT2D eigenvalue weighted by molar-refractivity contribution is 5.26. The van der Waals surface area contributed by atoms with E-state index < -0.39 is 11.6 Å². The standard InChI is InChI=1S/C17H18F3N/c1-2-21-11-14(12-6-8-15(18)9-7-12)10-13-4-3-5-16(19)17(13)20/h3-9,14,21H,2,10-11H2,1H3. The Morgan fingerprint density at radius 3 is 2.38 bits per heavy atom. The highest BCUT2D eigenvalue weighted by Gasteiger charge is 2.16. The molecule has 0 aliphatic carbocycles. The average molecular weight is 293 g/mol. The fourth-order valence-corrected chi connectivity index (χ4v) is 2.33. The monoisotopic (exact) mass is 293 g/mol. The van der Waals surface area contributed by atoms with Gasteiger partial charge >= 0.3 is 0 Å². The second kappa shape index (κ2) is 7.27. The predicted molar refractivity (Wildman–Crippen MR) is 77.7 cm³/mol. The number of rotatable bonds is 6. The number of benzene rings is 2. The molecule has 1 nitrogen and oxygen atoms in total. The Labute approximate surface area is 122 Å². The van der Waals surface area contributed by atoms with Gasteiger partial charge in [0.2, 0.25) is 0 Å². The van der Waals surface area contributed by atoms with Crippen LogP contribution in [-0.4, -0.2) is 13.1 Å². The normalized spacial score (nSPS) is 12.4. The van der Waals surface area contributed by atoms with E-state index in [0.717, 1.165) is 18.2 Å². The van der Waals surface area contributed by atoms with Crippen LogP contribution in [-0.2, 0) is 6.42 Å². The largest absolute Gasteiger partial charge is 0.316 e. The minimum atomic E-state index is -0.839. The Morgan fingerprint density at radius 2 is 1.71 bits per heavy atom.